The van der Waals surface area contributed by atoms with Crippen molar-refractivity contribution in [3.8, 4) is 5.75 Å². The molecule has 0 fully saturated rings. The lowest BCUT2D eigenvalue weighted by molar-refractivity contribution is 0.277. The number of aromatic hydroxyl groups is 1. The van der Waals surface area contributed by atoms with Gasteiger partial charge < -0.3 is 9.84 Å². The van der Waals surface area contributed by atoms with Gasteiger partial charge in [-0.3, -0.25) is 0 Å². The first-order valence-corrected chi connectivity index (χ1v) is 7.48. The van der Waals surface area contributed by atoms with Crippen molar-refractivity contribution in [2.45, 2.75) is 24.6 Å². The van der Waals surface area contributed by atoms with Gasteiger partial charge in [0.15, 0.2) is 0 Å². The zero-order valence-corrected chi connectivity index (χ0v) is 13.7. The van der Waals surface area contributed by atoms with E-state index in [1.165, 1.54) is 0 Å². The molecule has 1 aromatic rings. The van der Waals surface area contributed by atoms with Crippen LogP contribution in [-0.4, -0.2) is 29.5 Å². The molecule has 0 aliphatic carbocycles. The summed E-state index contributed by atoms with van der Waals surface area (Å²) in [6, 6.07) is 5.65. The zero-order chi connectivity index (χ0) is 13.3. The van der Waals surface area contributed by atoms with Gasteiger partial charge in [0.25, 0.3) is 0 Å². The van der Waals surface area contributed by atoms with Gasteiger partial charge in [-0.15, -0.1) is 0 Å². The minimum absolute atomic E-state index is 0.407. The summed E-state index contributed by atoms with van der Waals surface area (Å²) in [5, 5.41) is 10.7. The van der Waals surface area contributed by atoms with Gasteiger partial charge in [0, 0.05) is 24.4 Å². The van der Waals surface area contributed by atoms with E-state index in [0.717, 1.165) is 29.3 Å². The summed E-state index contributed by atoms with van der Waals surface area (Å²) in [5.41, 5.74) is 2.21. The first kappa shape index (κ1) is 16.9. The smallest absolute Gasteiger partial charge is 0.119 e. The summed E-state index contributed by atoms with van der Waals surface area (Å²) in [6.07, 6.45) is 1.94. The minimum Gasteiger partial charge on any atom is -0.508 e. The summed E-state index contributed by atoms with van der Waals surface area (Å²) < 4.78 is 4.25. The van der Waals surface area contributed by atoms with Gasteiger partial charge in [0.1, 0.15) is 5.75 Å². The SMILES string of the molecule is COC.Cc1cccc(O)c1CC(Br)CCBr. The van der Waals surface area contributed by atoms with E-state index in [-0.39, 0.29) is 0 Å². The molecule has 0 spiro atoms. The fourth-order valence-corrected chi connectivity index (χ4v) is 3.11. The maximum atomic E-state index is 9.68. The van der Waals surface area contributed by atoms with Crippen LogP contribution in [0.2, 0.25) is 0 Å². The van der Waals surface area contributed by atoms with Crippen molar-refractivity contribution in [1.82, 2.24) is 0 Å². The first-order valence-electron chi connectivity index (χ1n) is 5.44. The molecule has 0 radical (unpaired) electrons. The highest BCUT2D eigenvalue weighted by Crippen LogP contribution is 2.25. The van der Waals surface area contributed by atoms with E-state index in [9.17, 15) is 5.11 Å². The van der Waals surface area contributed by atoms with Gasteiger partial charge in [-0.1, -0.05) is 44.0 Å². The molecule has 1 rings (SSSR count). The Bertz CT molecular complexity index is 296. The molecule has 0 aromatic heterocycles. The molecule has 1 atom stereocenters. The van der Waals surface area contributed by atoms with E-state index < -0.39 is 0 Å². The van der Waals surface area contributed by atoms with Gasteiger partial charge in [0.2, 0.25) is 0 Å². The molecule has 0 aliphatic heterocycles. The third-order valence-corrected chi connectivity index (χ3v) is 3.47. The number of hydrogen-bond donors (Lipinski definition) is 1. The Kier molecular flexibility index (Phi) is 9.88. The highest BCUT2D eigenvalue weighted by atomic mass is 79.9. The van der Waals surface area contributed by atoms with Crippen LogP contribution in [0, 0.1) is 6.92 Å². The van der Waals surface area contributed by atoms with Crippen molar-refractivity contribution in [2.75, 3.05) is 19.5 Å². The Morgan fingerprint density at radius 1 is 1.35 bits per heavy atom. The summed E-state index contributed by atoms with van der Waals surface area (Å²) in [5.74, 6) is 0.407. The van der Waals surface area contributed by atoms with Crippen molar-refractivity contribution < 1.29 is 9.84 Å². The number of rotatable bonds is 4. The van der Waals surface area contributed by atoms with Crippen LogP contribution in [0.4, 0.5) is 0 Å². The topological polar surface area (TPSA) is 29.5 Å². The molecule has 0 amide bonds. The molecule has 0 saturated carbocycles. The Labute approximate surface area is 121 Å². The largest absolute Gasteiger partial charge is 0.508 e. The van der Waals surface area contributed by atoms with Crippen LogP contribution < -0.4 is 0 Å². The lowest BCUT2D eigenvalue weighted by Crippen LogP contribution is -2.04. The van der Waals surface area contributed by atoms with Crippen molar-refractivity contribution in [2.24, 2.45) is 0 Å². The molecule has 98 valence electrons. The predicted octanol–water partition coefficient (Wildman–Crippen LogP) is 4.05. The number of halogens is 2. The molecular formula is C13H20Br2O2. The van der Waals surface area contributed by atoms with Crippen LogP contribution >= 0.6 is 31.9 Å². The number of phenolic OH excluding ortho intramolecular Hbond substituents is 1. The zero-order valence-electron chi connectivity index (χ0n) is 10.5. The number of methoxy groups -OCH3 is 1. The molecule has 0 saturated heterocycles. The third kappa shape index (κ3) is 7.06. The van der Waals surface area contributed by atoms with Crippen LogP contribution in [0.1, 0.15) is 17.5 Å². The van der Waals surface area contributed by atoms with Crippen LogP contribution in [0.3, 0.4) is 0 Å². The molecular weight excluding hydrogens is 348 g/mol. The van der Waals surface area contributed by atoms with E-state index in [2.05, 4.69) is 36.6 Å². The Morgan fingerprint density at radius 3 is 2.41 bits per heavy atom. The summed E-state index contributed by atoms with van der Waals surface area (Å²) >= 11 is 7.01. The lowest BCUT2D eigenvalue weighted by Gasteiger charge is -2.11. The number of benzene rings is 1. The normalized spacial score (nSPS) is 11.6. The summed E-state index contributed by atoms with van der Waals surface area (Å²) in [7, 11) is 3.25. The van der Waals surface area contributed by atoms with Gasteiger partial charge in [0.05, 0.1) is 0 Å². The molecule has 0 heterocycles. The monoisotopic (exact) mass is 366 g/mol. The standard InChI is InChI=1S/C11H14Br2O.C2H6O/c1-8-3-2-4-11(14)10(8)7-9(13)5-6-12;1-3-2/h2-4,9,14H,5-7H2,1H3;1-2H3. The number of alkyl halides is 2. The molecule has 1 aromatic carbocycles. The third-order valence-electron chi connectivity index (χ3n) is 2.23. The van der Waals surface area contributed by atoms with E-state index >= 15 is 0 Å². The molecule has 0 bridgehead atoms. The Hall–Kier alpha value is -0.0600. The molecule has 4 heteroatoms. The maximum Gasteiger partial charge on any atom is 0.119 e. The van der Waals surface area contributed by atoms with Crippen LogP contribution in [0.15, 0.2) is 18.2 Å². The predicted molar refractivity (Wildman–Crippen MR) is 80.6 cm³/mol. The van der Waals surface area contributed by atoms with E-state index in [0.29, 0.717) is 10.6 Å². The number of aryl methyl sites for hydroxylation is 1. The van der Waals surface area contributed by atoms with E-state index in [1.54, 1.807) is 20.3 Å². The minimum atomic E-state index is 0.407. The number of phenols is 1. The van der Waals surface area contributed by atoms with Gasteiger partial charge in [-0.2, -0.15) is 0 Å². The van der Waals surface area contributed by atoms with Crippen molar-refractivity contribution in [1.29, 1.82) is 0 Å². The fraction of sp³-hybridized carbons (Fsp3) is 0.538. The van der Waals surface area contributed by atoms with Crippen molar-refractivity contribution in [3.63, 3.8) is 0 Å². The number of hydrogen-bond acceptors (Lipinski definition) is 2. The van der Waals surface area contributed by atoms with Crippen LogP contribution in [-0.2, 0) is 11.2 Å². The fourth-order valence-electron chi connectivity index (χ4n) is 1.39. The average molecular weight is 368 g/mol. The Balaban J connectivity index is 0.000000770. The van der Waals surface area contributed by atoms with Gasteiger partial charge >= 0.3 is 0 Å². The maximum absolute atomic E-state index is 9.68. The molecule has 0 aliphatic rings. The summed E-state index contributed by atoms with van der Waals surface area (Å²) in [6.45, 7) is 2.03. The second-order valence-electron chi connectivity index (χ2n) is 3.76. The molecule has 17 heavy (non-hydrogen) atoms. The average Bonchev–Trinajstić information content (AvgIpc) is 2.25. The van der Waals surface area contributed by atoms with Gasteiger partial charge in [-0.05, 0) is 37.0 Å². The second-order valence-corrected chi connectivity index (χ2v) is 5.85. The molecule has 1 N–H and O–H groups in total. The van der Waals surface area contributed by atoms with Crippen molar-refractivity contribution in [3.05, 3.63) is 29.3 Å². The Morgan fingerprint density at radius 2 is 1.94 bits per heavy atom. The van der Waals surface area contributed by atoms with Crippen molar-refractivity contribution >= 4 is 31.9 Å². The lowest BCUT2D eigenvalue weighted by atomic mass is 10.0. The highest BCUT2D eigenvalue weighted by molar-refractivity contribution is 9.10. The second kappa shape index (κ2) is 9.92. The van der Waals surface area contributed by atoms with Crippen LogP contribution in [0.5, 0.6) is 5.75 Å². The van der Waals surface area contributed by atoms with E-state index in [4.69, 9.17) is 0 Å². The quantitative estimate of drug-likeness (QED) is 0.813. The summed E-state index contributed by atoms with van der Waals surface area (Å²) in [4.78, 5) is 0.425. The van der Waals surface area contributed by atoms with Crippen LogP contribution in [0.25, 0.3) is 0 Å². The molecule has 2 nitrogen and oxygen atoms in total. The number of ether oxygens (including phenoxy) is 1. The van der Waals surface area contributed by atoms with Gasteiger partial charge in [-0.25, -0.2) is 0 Å². The highest BCUT2D eigenvalue weighted by Gasteiger charge is 2.10. The van der Waals surface area contributed by atoms with E-state index in [1.807, 2.05) is 19.1 Å². The first-order chi connectivity index (χ1) is 8.06. The molecule has 1 unspecified atom stereocenters.